The van der Waals surface area contributed by atoms with Gasteiger partial charge in [0.05, 0.1) is 4.90 Å². The first-order valence-electron chi connectivity index (χ1n) is 10.8. The largest absolute Gasteiger partial charge is 0.483 e. The number of amides is 1. The monoisotopic (exact) mass is 466 g/mol. The van der Waals surface area contributed by atoms with E-state index in [1.807, 2.05) is 55.5 Å². The quantitative estimate of drug-likeness (QED) is 0.484. The lowest BCUT2D eigenvalue weighted by Gasteiger charge is -2.17. The molecule has 1 amide bonds. The molecule has 0 bridgehead atoms. The third-order valence-corrected chi connectivity index (χ3v) is 7.06. The average molecular weight is 467 g/mol. The van der Waals surface area contributed by atoms with Gasteiger partial charge in [0, 0.05) is 19.3 Å². The number of ether oxygens (including phenoxy) is 1. The molecule has 6 nitrogen and oxygen atoms in total. The van der Waals surface area contributed by atoms with Crippen LogP contribution in [0.4, 0.5) is 5.69 Å². The van der Waals surface area contributed by atoms with Crippen molar-refractivity contribution in [2.45, 2.75) is 38.1 Å². The van der Waals surface area contributed by atoms with Crippen molar-refractivity contribution in [1.29, 1.82) is 0 Å². The normalized spacial score (nSPS) is 11.6. The molecule has 0 aliphatic rings. The van der Waals surface area contributed by atoms with E-state index in [1.165, 1.54) is 16.4 Å². The Morgan fingerprint density at radius 1 is 1.00 bits per heavy atom. The Hall–Kier alpha value is -3.16. The van der Waals surface area contributed by atoms with Gasteiger partial charge in [0.1, 0.15) is 5.75 Å². The second-order valence-electron chi connectivity index (χ2n) is 8.30. The highest BCUT2D eigenvalue weighted by atomic mass is 32.2. The average Bonchev–Trinajstić information content (AvgIpc) is 2.78. The van der Waals surface area contributed by atoms with Crippen LogP contribution in [0.1, 0.15) is 36.5 Å². The van der Waals surface area contributed by atoms with Crippen molar-refractivity contribution in [3.05, 3.63) is 89.5 Å². The minimum Gasteiger partial charge on any atom is -0.483 e. The first-order chi connectivity index (χ1) is 15.7. The van der Waals surface area contributed by atoms with Crippen molar-refractivity contribution in [2.24, 2.45) is 0 Å². The number of carbonyl (C=O) groups is 1. The van der Waals surface area contributed by atoms with Crippen LogP contribution in [0.2, 0.25) is 0 Å². The molecular formula is C26H30N2O4S. The molecule has 0 radical (unpaired) electrons. The van der Waals surface area contributed by atoms with Crippen molar-refractivity contribution >= 4 is 21.6 Å². The molecule has 3 aromatic rings. The van der Waals surface area contributed by atoms with Gasteiger partial charge in [0.15, 0.2) is 6.61 Å². The molecule has 0 aliphatic carbocycles. The molecule has 0 saturated heterocycles. The van der Waals surface area contributed by atoms with Gasteiger partial charge in [-0.15, -0.1) is 0 Å². The van der Waals surface area contributed by atoms with Crippen LogP contribution in [0.25, 0.3) is 0 Å². The molecule has 174 valence electrons. The van der Waals surface area contributed by atoms with Gasteiger partial charge in [-0.2, -0.15) is 4.31 Å². The lowest BCUT2D eigenvalue weighted by molar-refractivity contribution is -0.118. The SMILES string of the molecule is Cc1ccc(C(C)C)c(OCC(=O)Nc2ccc(S(=O)(=O)N(C)Cc3ccccc3)cc2)c1. The molecule has 3 aromatic carbocycles. The van der Waals surface area contributed by atoms with Gasteiger partial charge in [0.2, 0.25) is 10.0 Å². The van der Waals surface area contributed by atoms with Crippen molar-refractivity contribution in [2.75, 3.05) is 19.0 Å². The number of hydrogen-bond donors (Lipinski definition) is 1. The topological polar surface area (TPSA) is 75.7 Å². The molecule has 3 rings (SSSR count). The number of anilines is 1. The zero-order valence-electron chi connectivity index (χ0n) is 19.4. The van der Waals surface area contributed by atoms with Gasteiger partial charge < -0.3 is 10.1 Å². The third-order valence-electron chi connectivity index (χ3n) is 5.24. The fraction of sp³-hybridized carbons (Fsp3) is 0.269. The van der Waals surface area contributed by atoms with E-state index in [-0.39, 0.29) is 29.9 Å². The maximum Gasteiger partial charge on any atom is 0.262 e. The highest BCUT2D eigenvalue weighted by Crippen LogP contribution is 2.27. The summed E-state index contributed by atoms with van der Waals surface area (Å²) in [4.78, 5) is 12.5. The standard InChI is InChI=1S/C26H30N2O4S/c1-19(2)24-15-10-20(3)16-25(24)32-18-26(29)27-22-11-13-23(14-12-22)33(30,31)28(4)17-21-8-6-5-7-9-21/h5-16,19H,17-18H2,1-4H3,(H,27,29). The summed E-state index contributed by atoms with van der Waals surface area (Å²) in [6, 6.07) is 21.5. The highest BCUT2D eigenvalue weighted by Gasteiger charge is 2.21. The smallest absolute Gasteiger partial charge is 0.262 e. The molecule has 0 heterocycles. The Morgan fingerprint density at radius 3 is 2.30 bits per heavy atom. The molecule has 0 aliphatic heterocycles. The summed E-state index contributed by atoms with van der Waals surface area (Å²) in [6.45, 7) is 6.26. The van der Waals surface area contributed by atoms with Gasteiger partial charge in [-0.25, -0.2) is 8.42 Å². The van der Waals surface area contributed by atoms with Crippen molar-refractivity contribution < 1.29 is 17.9 Å². The van der Waals surface area contributed by atoms with E-state index in [4.69, 9.17) is 4.74 Å². The van der Waals surface area contributed by atoms with Crippen molar-refractivity contribution in [1.82, 2.24) is 4.31 Å². The van der Waals surface area contributed by atoms with Crippen LogP contribution >= 0.6 is 0 Å². The maximum atomic E-state index is 12.9. The Balaban J connectivity index is 1.61. The highest BCUT2D eigenvalue weighted by molar-refractivity contribution is 7.89. The molecule has 0 saturated carbocycles. The zero-order valence-corrected chi connectivity index (χ0v) is 20.2. The molecule has 1 N–H and O–H groups in total. The third kappa shape index (κ3) is 6.43. The molecule has 7 heteroatoms. The second kappa shape index (κ2) is 10.6. The lowest BCUT2D eigenvalue weighted by atomic mass is 10.0. The summed E-state index contributed by atoms with van der Waals surface area (Å²) in [5.41, 5.74) is 3.51. The van der Waals surface area contributed by atoms with E-state index in [1.54, 1.807) is 19.2 Å². The van der Waals surface area contributed by atoms with Crippen LogP contribution in [-0.2, 0) is 21.4 Å². The van der Waals surface area contributed by atoms with E-state index < -0.39 is 10.0 Å². The number of nitrogens with zero attached hydrogens (tertiary/aromatic N) is 1. The molecule has 0 aromatic heterocycles. The number of rotatable bonds is 9. The number of nitrogens with one attached hydrogen (secondary N) is 1. The van der Waals surface area contributed by atoms with Gasteiger partial charge in [-0.05, 0) is 59.9 Å². The predicted molar refractivity (Wildman–Crippen MR) is 131 cm³/mol. The maximum absolute atomic E-state index is 12.9. The number of benzene rings is 3. The van der Waals surface area contributed by atoms with E-state index in [0.29, 0.717) is 11.4 Å². The van der Waals surface area contributed by atoms with E-state index >= 15 is 0 Å². The van der Waals surface area contributed by atoms with Crippen LogP contribution in [0.15, 0.2) is 77.7 Å². The van der Waals surface area contributed by atoms with Gasteiger partial charge >= 0.3 is 0 Å². The van der Waals surface area contributed by atoms with Gasteiger partial charge in [-0.1, -0.05) is 56.3 Å². The molecule has 0 atom stereocenters. The number of sulfonamides is 1. The Morgan fingerprint density at radius 2 is 1.67 bits per heavy atom. The van der Waals surface area contributed by atoms with Crippen LogP contribution in [0.5, 0.6) is 5.75 Å². The summed E-state index contributed by atoms with van der Waals surface area (Å²) in [7, 11) is -2.10. The summed E-state index contributed by atoms with van der Waals surface area (Å²) in [6.07, 6.45) is 0. The molecule has 33 heavy (non-hydrogen) atoms. The van der Waals surface area contributed by atoms with Gasteiger partial charge in [0.25, 0.3) is 5.91 Å². The number of aryl methyl sites for hydroxylation is 1. The van der Waals surface area contributed by atoms with E-state index in [0.717, 1.165) is 16.7 Å². The van der Waals surface area contributed by atoms with E-state index in [2.05, 4.69) is 19.2 Å². The lowest BCUT2D eigenvalue weighted by Crippen LogP contribution is -2.26. The molecule has 0 fully saturated rings. The Bertz CT molecular complexity index is 1190. The van der Waals surface area contributed by atoms with Crippen LogP contribution in [0, 0.1) is 6.92 Å². The Kier molecular flexibility index (Phi) is 7.89. The zero-order chi connectivity index (χ0) is 24.0. The van der Waals surface area contributed by atoms with E-state index in [9.17, 15) is 13.2 Å². The molecule has 0 spiro atoms. The van der Waals surface area contributed by atoms with Crippen LogP contribution in [-0.4, -0.2) is 32.3 Å². The van der Waals surface area contributed by atoms with Crippen LogP contribution in [0.3, 0.4) is 0 Å². The summed E-state index contributed by atoms with van der Waals surface area (Å²) in [5.74, 6) is 0.657. The fourth-order valence-electron chi connectivity index (χ4n) is 3.40. The van der Waals surface area contributed by atoms with Crippen molar-refractivity contribution in [3.63, 3.8) is 0 Å². The second-order valence-corrected chi connectivity index (χ2v) is 10.3. The first kappa shape index (κ1) is 24.5. The fourth-order valence-corrected chi connectivity index (χ4v) is 4.56. The minimum atomic E-state index is -3.65. The summed E-state index contributed by atoms with van der Waals surface area (Å²) < 4.78 is 32.8. The van der Waals surface area contributed by atoms with Gasteiger partial charge in [-0.3, -0.25) is 4.79 Å². The summed E-state index contributed by atoms with van der Waals surface area (Å²) in [5, 5.41) is 2.75. The van der Waals surface area contributed by atoms with Crippen LogP contribution < -0.4 is 10.1 Å². The minimum absolute atomic E-state index is 0.136. The molecular weight excluding hydrogens is 436 g/mol. The summed E-state index contributed by atoms with van der Waals surface area (Å²) >= 11 is 0. The number of hydrogen-bond acceptors (Lipinski definition) is 4. The predicted octanol–water partition coefficient (Wildman–Crippen LogP) is 4.96. The molecule has 0 unspecified atom stereocenters. The number of carbonyl (C=O) groups excluding carboxylic acids is 1. The Labute approximate surface area is 196 Å². The first-order valence-corrected chi connectivity index (χ1v) is 12.2. The van der Waals surface area contributed by atoms with Crippen molar-refractivity contribution in [3.8, 4) is 5.75 Å².